The molecule has 5 nitrogen and oxygen atoms in total. The van der Waals surface area contributed by atoms with Gasteiger partial charge in [-0.2, -0.15) is 0 Å². The lowest BCUT2D eigenvalue weighted by Crippen LogP contribution is -2.47. The van der Waals surface area contributed by atoms with Gasteiger partial charge >= 0.3 is 0 Å². The number of pyridine rings is 1. The Morgan fingerprint density at radius 3 is 2.59 bits per heavy atom. The van der Waals surface area contributed by atoms with Crippen molar-refractivity contribution in [3.63, 3.8) is 0 Å². The standard InChI is InChI=1S/C17H18N2O3/c20-16(14-5-1-3-13-4-2-8-18-15(13)14)19-9-6-17(7-10-19)21-11-12-22-17/h1-5,8H,6-7,9-12H2. The van der Waals surface area contributed by atoms with Gasteiger partial charge < -0.3 is 14.4 Å². The van der Waals surface area contributed by atoms with Crippen molar-refractivity contribution in [3.8, 4) is 0 Å². The molecular weight excluding hydrogens is 280 g/mol. The number of fused-ring (bicyclic) bond motifs is 1. The summed E-state index contributed by atoms with van der Waals surface area (Å²) in [6.07, 6.45) is 3.19. The number of hydrogen-bond acceptors (Lipinski definition) is 4. The second kappa shape index (κ2) is 5.34. The summed E-state index contributed by atoms with van der Waals surface area (Å²) < 4.78 is 11.4. The first-order valence-corrected chi connectivity index (χ1v) is 7.68. The van der Waals surface area contributed by atoms with E-state index in [0.29, 0.717) is 31.9 Å². The van der Waals surface area contributed by atoms with E-state index in [9.17, 15) is 4.79 Å². The lowest BCUT2D eigenvalue weighted by atomic mass is 10.0. The minimum absolute atomic E-state index is 0.0390. The van der Waals surface area contributed by atoms with Crippen LogP contribution in [-0.2, 0) is 9.47 Å². The van der Waals surface area contributed by atoms with E-state index < -0.39 is 5.79 Å². The number of ether oxygens (including phenoxy) is 2. The van der Waals surface area contributed by atoms with Gasteiger partial charge in [0.1, 0.15) is 0 Å². The van der Waals surface area contributed by atoms with Crippen LogP contribution >= 0.6 is 0 Å². The molecule has 114 valence electrons. The topological polar surface area (TPSA) is 51.7 Å². The normalized spacial score (nSPS) is 20.6. The third-order valence-electron chi connectivity index (χ3n) is 4.49. The van der Waals surface area contributed by atoms with Crippen molar-refractivity contribution >= 4 is 16.8 Å². The van der Waals surface area contributed by atoms with Crippen LogP contribution in [0.15, 0.2) is 36.5 Å². The molecule has 2 fully saturated rings. The van der Waals surface area contributed by atoms with E-state index in [-0.39, 0.29) is 5.91 Å². The maximum atomic E-state index is 12.8. The average Bonchev–Trinajstić information content (AvgIpc) is 3.02. The third-order valence-corrected chi connectivity index (χ3v) is 4.49. The molecule has 0 radical (unpaired) electrons. The number of carbonyl (C=O) groups is 1. The first-order chi connectivity index (χ1) is 10.8. The Morgan fingerprint density at radius 2 is 1.82 bits per heavy atom. The molecule has 1 aromatic carbocycles. The second-order valence-corrected chi connectivity index (χ2v) is 5.78. The van der Waals surface area contributed by atoms with E-state index in [1.54, 1.807) is 6.20 Å². The van der Waals surface area contributed by atoms with Gasteiger partial charge in [-0.3, -0.25) is 9.78 Å². The SMILES string of the molecule is O=C(c1cccc2cccnc12)N1CCC2(CC1)OCCO2. The van der Waals surface area contributed by atoms with Crippen molar-refractivity contribution in [2.75, 3.05) is 26.3 Å². The molecule has 2 aliphatic heterocycles. The molecule has 0 saturated carbocycles. The summed E-state index contributed by atoms with van der Waals surface area (Å²) in [6.45, 7) is 2.62. The van der Waals surface area contributed by atoms with E-state index in [0.717, 1.165) is 23.7 Å². The molecule has 4 rings (SSSR count). The van der Waals surface area contributed by atoms with Gasteiger partial charge in [0.25, 0.3) is 5.91 Å². The molecule has 2 aromatic rings. The Kier molecular flexibility index (Phi) is 3.32. The van der Waals surface area contributed by atoms with Crippen molar-refractivity contribution in [2.24, 2.45) is 0 Å². The molecular formula is C17H18N2O3. The highest BCUT2D eigenvalue weighted by Crippen LogP contribution is 2.32. The maximum Gasteiger partial charge on any atom is 0.256 e. The fourth-order valence-corrected chi connectivity index (χ4v) is 3.28. The number of amides is 1. The summed E-state index contributed by atoms with van der Waals surface area (Å²) in [6, 6.07) is 9.60. The fourth-order valence-electron chi connectivity index (χ4n) is 3.28. The zero-order chi connectivity index (χ0) is 15.0. The first kappa shape index (κ1) is 13.7. The van der Waals surface area contributed by atoms with E-state index in [1.165, 1.54) is 0 Å². The monoisotopic (exact) mass is 298 g/mol. The summed E-state index contributed by atoms with van der Waals surface area (Å²) in [5.74, 6) is -0.412. The van der Waals surface area contributed by atoms with Crippen LogP contribution in [0.5, 0.6) is 0 Å². The van der Waals surface area contributed by atoms with Gasteiger partial charge in [0.05, 0.1) is 24.3 Å². The molecule has 2 aliphatic rings. The molecule has 0 atom stereocenters. The van der Waals surface area contributed by atoms with Crippen LogP contribution in [0.2, 0.25) is 0 Å². The molecule has 5 heteroatoms. The molecule has 1 spiro atoms. The Hall–Kier alpha value is -1.98. The molecule has 0 N–H and O–H groups in total. The Morgan fingerprint density at radius 1 is 1.09 bits per heavy atom. The van der Waals surface area contributed by atoms with Gasteiger partial charge in [0.2, 0.25) is 0 Å². The lowest BCUT2D eigenvalue weighted by molar-refractivity contribution is -0.181. The van der Waals surface area contributed by atoms with Crippen LogP contribution in [-0.4, -0.2) is 47.9 Å². The highest BCUT2D eigenvalue weighted by atomic mass is 16.7. The van der Waals surface area contributed by atoms with Crippen LogP contribution in [0.3, 0.4) is 0 Å². The predicted octanol–water partition coefficient (Wildman–Crippen LogP) is 2.21. The van der Waals surface area contributed by atoms with E-state index in [4.69, 9.17) is 9.47 Å². The van der Waals surface area contributed by atoms with Gasteiger partial charge in [-0.15, -0.1) is 0 Å². The van der Waals surface area contributed by atoms with Crippen LogP contribution in [0.4, 0.5) is 0 Å². The van der Waals surface area contributed by atoms with Crippen LogP contribution in [0, 0.1) is 0 Å². The largest absolute Gasteiger partial charge is 0.347 e. The Bertz CT molecular complexity index is 695. The number of nitrogens with zero attached hydrogens (tertiary/aromatic N) is 2. The lowest BCUT2D eigenvalue weighted by Gasteiger charge is -2.37. The maximum absolute atomic E-state index is 12.8. The quantitative estimate of drug-likeness (QED) is 0.810. The van der Waals surface area contributed by atoms with Gasteiger partial charge in [-0.25, -0.2) is 0 Å². The zero-order valence-electron chi connectivity index (χ0n) is 12.3. The van der Waals surface area contributed by atoms with Crippen LogP contribution in [0.25, 0.3) is 10.9 Å². The predicted molar refractivity (Wildman–Crippen MR) is 81.5 cm³/mol. The molecule has 0 aliphatic carbocycles. The number of benzene rings is 1. The summed E-state index contributed by atoms with van der Waals surface area (Å²) in [4.78, 5) is 19.1. The second-order valence-electron chi connectivity index (χ2n) is 5.78. The molecule has 2 saturated heterocycles. The van der Waals surface area contributed by atoms with Crippen molar-refractivity contribution in [2.45, 2.75) is 18.6 Å². The molecule has 1 amide bonds. The van der Waals surface area contributed by atoms with E-state index in [2.05, 4.69) is 4.98 Å². The molecule has 1 aromatic heterocycles. The van der Waals surface area contributed by atoms with Gasteiger partial charge in [-0.05, 0) is 12.1 Å². The highest BCUT2D eigenvalue weighted by Gasteiger charge is 2.41. The average molecular weight is 298 g/mol. The summed E-state index contributed by atoms with van der Waals surface area (Å²) >= 11 is 0. The van der Waals surface area contributed by atoms with E-state index in [1.807, 2.05) is 35.2 Å². The number of likely N-dealkylation sites (tertiary alicyclic amines) is 1. The molecule has 3 heterocycles. The van der Waals surface area contributed by atoms with Gasteiger partial charge in [0, 0.05) is 37.5 Å². The highest BCUT2D eigenvalue weighted by molar-refractivity contribution is 6.05. The number of para-hydroxylation sites is 1. The summed E-state index contributed by atoms with van der Waals surface area (Å²) in [7, 11) is 0. The number of piperidine rings is 1. The van der Waals surface area contributed by atoms with Crippen LogP contribution < -0.4 is 0 Å². The van der Waals surface area contributed by atoms with Crippen molar-refractivity contribution in [1.29, 1.82) is 0 Å². The molecule has 22 heavy (non-hydrogen) atoms. The van der Waals surface area contributed by atoms with Gasteiger partial charge in [0.15, 0.2) is 5.79 Å². The number of aromatic nitrogens is 1. The van der Waals surface area contributed by atoms with Gasteiger partial charge in [-0.1, -0.05) is 18.2 Å². The fraction of sp³-hybridized carbons (Fsp3) is 0.412. The van der Waals surface area contributed by atoms with Crippen LogP contribution in [0.1, 0.15) is 23.2 Å². The number of rotatable bonds is 1. The Balaban J connectivity index is 1.57. The summed E-state index contributed by atoms with van der Waals surface area (Å²) in [5, 5.41) is 0.990. The third kappa shape index (κ3) is 2.26. The number of carbonyl (C=O) groups excluding carboxylic acids is 1. The number of hydrogen-bond donors (Lipinski definition) is 0. The Labute approximate surface area is 128 Å². The smallest absolute Gasteiger partial charge is 0.256 e. The zero-order valence-corrected chi connectivity index (χ0v) is 12.3. The van der Waals surface area contributed by atoms with Crippen molar-refractivity contribution < 1.29 is 14.3 Å². The summed E-state index contributed by atoms with van der Waals surface area (Å²) in [5.41, 5.74) is 1.44. The first-order valence-electron chi connectivity index (χ1n) is 7.68. The minimum atomic E-state index is -0.451. The minimum Gasteiger partial charge on any atom is -0.347 e. The van der Waals surface area contributed by atoms with E-state index >= 15 is 0 Å². The molecule has 0 bridgehead atoms. The molecule has 0 unspecified atom stereocenters. The van der Waals surface area contributed by atoms with Crippen molar-refractivity contribution in [1.82, 2.24) is 9.88 Å². The van der Waals surface area contributed by atoms with Crippen molar-refractivity contribution in [3.05, 3.63) is 42.1 Å².